The van der Waals surface area contributed by atoms with Crippen molar-refractivity contribution in [1.29, 1.82) is 0 Å². The summed E-state index contributed by atoms with van der Waals surface area (Å²) in [5.74, 6) is 1.86. The minimum atomic E-state index is 0.343. The van der Waals surface area contributed by atoms with Crippen molar-refractivity contribution < 1.29 is 9.21 Å². The molecule has 0 radical (unpaired) electrons. The van der Waals surface area contributed by atoms with Gasteiger partial charge in [0.15, 0.2) is 0 Å². The molecule has 2 nitrogen and oxygen atoms in total. The second kappa shape index (κ2) is 5.63. The molecule has 0 fully saturated rings. The Hall–Kier alpha value is -1.05. The van der Waals surface area contributed by atoms with Crippen LogP contribution >= 0.6 is 0 Å². The van der Waals surface area contributed by atoms with E-state index in [1.165, 1.54) is 0 Å². The quantitative estimate of drug-likeness (QED) is 0.696. The Morgan fingerprint density at radius 1 is 1.43 bits per heavy atom. The van der Waals surface area contributed by atoms with Gasteiger partial charge in [0.2, 0.25) is 0 Å². The lowest BCUT2D eigenvalue weighted by Crippen LogP contribution is -2.01. The van der Waals surface area contributed by atoms with Crippen molar-refractivity contribution >= 4 is 5.78 Å². The summed E-state index contributed by atoms with van der Waals surface area (Å²) in [7, 11) is 0. The summed E-state index contributed by atoms with van der Waals surface area (Å²) in [4.78, 5) is 11.4. The molecular weight excluding hydrogens is 176 g/mol. The van der Waals surface area contributed by atoms with E-state index >= 15 is 0 Å². The molecule has 0 bridgehead atoms. The minimum absolute atomic E-state index is 0.343. The second-order valence-corrected chi connectivity index (χ2v) is 4.05. The molecule has 0 aliphatic rings. The molecule has 0 atom stereocenters. The molecule has 1 aromatic heterocycles. The number of carbonyl (C=O) groups excluding carboxylic acids is 1. The highest BCUT2D eigenvalue weighted by Crippen LogP contribution is 2.09. The van der Waals surface area contributed by atoms with E-state index in [0.29, 0.717) is 24.5 Å². The zero-order valence-electron chi connectivity index (χ0n) is 8.95. The predicted octanol–water partition coefficient (Wildman–Crippen LogP) is 3.22. The summed E-state index contributed by atoms with van der Waals surface area (Å²) in [5.41, 5.74) is 0. The fraction of sp³-hybridized carbons (Fsp3) is 0.583. The SMILES string of the molecule is CC(C)CCC(=O)CCc1ccco1. The highest BCUT2D eigenvalue weighted by Gasteiger charge is 2.05. The number of hydrogen-bond donors (Lipinski definition) is 0. The van der Waals surface area contributed by atoms with Crippen molar-refractivity contribution in [2.45, 2.75) is 39.5 Å². The Bertz CT molecular complexity index is 260. The van der Waals surface area contributed by atoms with Gasteiger partial charge in [0.25, 0.3) is 0 Å². The first-order valence-electron chi connectivity index (χ1n) is 5.22. The smallest absolute Gasteiger partial charge is 0.133 e. The first-order chi connectivity index (χ1) is 6.68. The molecule has 0 saturated carbocycles. The lowest BCUT2D eigenvalue weighted by Gasteiger charge is -2.02. The predicted molar refractivity (Wildman–Crippen MR) is 56.1 cm³/mol. The van der Waals surface area contributed by atoms with Crippen LogP contribution in [0.4, 0.5) is 0 Å². The summed E-state index contributed by atoms with van der Waals surface area (Å²) in [5, 5.41) is 0. The zero-order chi connectivity index (χ0) is 10.4. The highest BCUT2D eigenvalue weighted by molar-refractivity contribution is 5.78. The van der Waals surface area contributed by atoms with E-state index in [0.717, 1.165) is 18.6 Å². The molecule has 0 unspecified atom stereocenters. The van der Waals surface area contributed by atoms with E-state index in [1.54, 1.807) is 6.26 Å². The Morgan fingerprint density at radius 2 is 2.21 bits per heavy atom. The minimum Gasteiger partial charge on any atom is -0.469 e. The van der Waals surface area contributed by atoms with Crippen molar-refractivity contribution in [3.63, 3.8) is 0 Å². The molecule has 0 aliphatic carbocycles. The van der Waals surface area contributed by atoms with Crippen molar-refractivity contribution in [2.24, 2.45) is 5.92 Å². The lowest BCUT2D eigenvalue weighted by atomic mass is 10.0. The topological polar surface area (TPSA) is 30.2 Å². The van der Waals surface area contributed by atoms with Crippen LogP contribution in [0.5, 0.6) is 0 Å². The van der Waals surface area contributed by atoms with Crippen molar-refractivity contribution in [2.75, 3.05) is 0 Å². The third-order valence-corrected chi connectivity index (χ3v) is 2.23. The molecule has 1 rings (SSSR count). The number of aryl methyl sites for hydroxylation is 1. The van der Waals surface area contributed by atoms with E-state index in [2.05, 4.69) is 13.8 Å². The molecule has 1 aromatic rings. The Kier molecular flexibility index (Phi) is 4.44. The van der Waals surface area contributed by atoms with Gasteiger partial charge in [0.05, 0.1) is 6.26 Å². The molecule has 0 spiro atoms. The molecule has 1 heterocycles. The van der Waals surface area contributed by atoms with Gasteiger partial charge in [0, 0.05) is 19.3 Å². The molecule has 14 heavy (non-hydrogen) atoms. The first-order valence-corrected chi connectivity index (χ1v) is 5.22. The Labute approximate surface area is 85.3 Å². The maximum Gasteiger partial charge on any atom is 0.133 e. The lowest BCUT2D eigenvalue weighted by molar-refractivity contribution is -0.119. The molecule has 78 valence electrons. The van der Waals surface area contributed by atoms with Gasteiger partial charge in [-0.25, -0.2) is 0 Å². The van der Waals surface area contributed by atoms with Crippen molar-refractivity contribution in [3.05, 3.63) is 24.2 Å². The molecule has 0 aliphatic heterocycles. The van der Waals surface area contributed by atoms with E-state index < -0.39 is 0 Å². The maximum atomic E-state index is 11.4. The summed E-state index contributed by atoms with van der Waals surface area (Å²) >= 11 is 0. The van der Waals surface area contributed by atoms with E-state index in [4.69, 9.17) is 4.42 Å². The second-order valence-electron chi connectivity index (χ2n) is 4.05. The number of carbonyl (C=O) groups is 1. The number of rotatable bonds is 6. The van der Waals surface area contributed by atoms with Gasteiger partial charge >= 0.3 is 0 Å². The van der Waals surface area contributed by atoms with Crippen LogP contribution in [0.2, 0.25) is 0 Å². The number of ketones is 1. The monoisotopic (exact) mass is 194 g/mol. The zero-order valence-corrected chi connectivity index (χ0v) is 8.95. The fourth-order valence-corrected chi connectivity index (χ4v) is 1.29. The summed E-state index contributed by atoms with van der Waals surface area (Å²) < 4.78 is 5.16. The molecule has 0 saturated heterocycles. The van der Waals surface area contributed by atoms with Crippen LogP contribution in [0, 0.1) is 5.92 Å². The van der Waals surface area contributed by atoms with Gasteiger partial charge in [-0.3, -0.25) is 4.79 Å². The van der Waals surface area contributed by atoms with Crippen LogP contribution in [0.15, 0.2) is 22.8 Å². The van der Waals surface area contributed by atoms with E-state index in [1.807, 2.05) is 12.1 Å². The average molecular weight is 194 g/mol. The largest absolute Gasteiger partial charge is 0.469 e. The Morgan fingerprint density at radius 3 is 2.79 bits per heavy atom. The van der Waals surface area contributed by atoms with Gasteiger partial charge < -0.3 is 4.42 Å². The number of furan rings is 1. The van der Waals surface area contributed by atoms with Gasteiger partial charge in [0.1, 0.15) is 11.5 Å². The fourth-order valence-electron chi connectivity index (χ4n) is 1.29. The van der Waals surface area contributed by atoms with E-state index in [9.17, 15) is 4.79 Å². The average Bonchev–Trinajstić information content (AvgIpc) is 2.63. The molecular formula is C12H18O2. The van der Waals surface area contributed by atoms with Gasteiger partial charge in [-0.2, -0.15) is 0 Å². The van der Waals surface area contributed by atoms with Crippen molar-refractivity contribution in [3.8, 4) is 0 Å². The van der Waals surface area contributed by atoms with Gasteiger partial charge in [-0.05, 0) is 24.5 Å². The van der Waals surface area contributed by atoms with Crippen LogP contribution in [-0.2, 0) is 11.2 Å². The maximum absolute atomic E-state index is 11.4. The van der Waals surface area contributed by atoms with Crippen LogP contribution in [0.25, 0.3) is 0 Å². The number of hydrogen-bond acceptors (Lipinski definition) is 2. The normalized spacial score (nSPS) is 10.8. The van der Waals surface area contributed by atoms with Crippen LogP contribution in [-0.4, -0.2) is 5.78 Å². The standard InChI is InChI=1S/C12H18O2/c1-10(2)5-6-11(13)7-8-12-4-3-9-14-12/h3-4,9-10H,5-8H2,1-2H3. The third kappa shape index (κ3) is 4.26. The third-order valence-electron chi connectivity index (χ3n) is 2.23. The Balaban J connectivity index is 2.15. The van der Waals surface area contributed by atoms with E-state index in [-0.39, 0.29) is 0 Å². The molecule has 0 aromatic carbocycles. The van der Waals surface area contributed by atoms with Crippen LogP contribution in [0.3, 0.4) is 0 Å². The number of Topliss-reactive ketones (excluding diaryl/α,β-unsaturated/α-hetero) is 1. The van der Waals surface area contributed by atoms with Gasteiger partial charge in [-0.1, -0.05) is 13.8 Å². The molecule has 2 heteroatoms. The molecule has 0 N–H and O–H groups in total. The summed E-state index contributed by atoms with van der Waals surface area (Å²) in [6, 6.07) is 3.77. The van der Waals surface area contributed by atoms with Gasteiger partial charge in [-0.15, -0.1) is 0 Å². The van der Waals surface area contributed by atoms with Crippen molar-refractivity contribution in [1.82, 2.24) is 0 Å². The first kappa shape index (κ1) is 11.0. The molecule has 0 amide bonds. The summed E-state index contributed by atoms with van der Waals surface area (Å²) in [6.07, 6.45) is 4.70. The van der Waals surface area contributed by atoms with Crippen LogP contribution in [0.1, 0.15) is 38.9 Å². The van der Waals surface area contributed by atoms with Crippen LogP contribution < -0.4 is 0 Å². The highest BCUT2D eigenvalue weighted by atomic mass is 16.3. The summed E-state index contributed by atoms with van der Waals surface area (Å²) in [6.45, 7) is 4.28.